The van der Waals surface area contributed by atoms with Crippen molar-refractivity contribution < 1.29 is 43.8 Å². The highest BCUT2D eigenvalue weighted by molar-refractivity contribution is 5.89. The van der Waals surface area contributed by atoms with Crippen molar-refractivity contribution in [3.05, 3.63) is 211 Å². The number of aliphatic hydroxyl groups excluding tert-OH is 4. The van der Waals surface area contributed by atoms with E-state index in [0.717, 1.165) is 77.9 Å². The van der Waals surface area contributed by atoms with Crippen LogP contribution in [0.3, 0.4) is 0 Å². The molecule has 376 valence electrons. The third-order valence-corrected chi connectivity index (χ3v) is 16.9. The maximum absolute atomic E-state index is 15.9. The smallest absolute Gasteiger partial charge is 0.402 e. The van der Waals surface area contributed by atoms with E-state index < -0.39 is 11.6 Å². The third-order valence-electron chi connectivity index (χ3n) is 16.9. The molecule has 8 aromatic rings. The quantitative estimate of drug-likeness (QED) is 0.0725. The molecule has 8 aromatic carbocycles. The maximum atomic E-state index is 15.9. The molecular formula is C65H59F3O6. The maximum Gasteiger partial charge on any atom is 0.402 e. The van der Waals surface area contributed by atoms with Crippen LogP contribution < -0.4 is 0 Å². The minimum Gasteiger partial charge on any atom is -0.507 e. The Morgan fingerprint density at radius 2 is 0.595 bits per heavy atom. The van der Waals surface area contributed by atoms with Crippen LogP contribution in [0.4, 0.5) is 13.2 Å². The molecule has 0 saturated carbocycles. The minimum atomic E-state index is -4.60. The Hall–Kier alpha value is -7.01. The fraction of sp³-hybridized carbons (Fsp3) is 0.262. The average molecular weight is 993 g/mol. The average Bonchev–Trinajstić information content (AvgIpc) is 3.89. The first-order valence-electron chi connectivity index (χ1n) is 25.3. The van der Waals surface area contributed by atoms with Crippen LogP contribution in [0.1, 0.15) is 113 Å². The number of hydrogen-bond acceptors (Lipinski definition) is 6. The first-order valence-corrected chi connectivity index (χ1v) is 25.3. The molecule has 0 heterocycles. The summed E-state index contributed by atoms with van der Waals surface area (Å²) in [6.45, 7) is 8.77. The van der Waals surface area contributed by atoms with E-state index in [2.05, 4.69) is 88.4 Å². The number of alkyl halides is 3. The number of aryl methyl sites for hydroxylation is 4. The monoisotopic (exact) mass is 992 g/mol. The fourth-order valence-electron chi connectivity index (χ4n) is 12.4. The largest absolute Gasteiger partial charge is 0.507 e. The molecule has 3 aliphatic rings. The summed E-state index contributed by atoms with van der Waals surface area (Å²) in [5, 5.41) is 59.8. The van der Waals surface area contributed by atoms with Gasteiger partial charge in [-0.1, -0.05) is 113 Å². The van der Waals surface area contributed by atoms with Crippen LogP contribution in [-0.4, -0.2) is 36.8 Å². The van der Waals surface area contributed by atoms with Gasteiger partial charge in [-0.2, -0.15) is 13.2 Å². The number of fused-ring (bicyclic) bond motifs is 9. The zero-order valence-corrected chi connectivity index (χ0v) is 42.2. The third kappa shape index (κ3) is 7.69. The summed E-state index contributed by atoms with van der Waals surface area (Å²) in [6.07, 6.45) is -1.89. The molecule has 6 nitrogen and oxygen atoms in total. The van der Waals surface area contributed by atoms with Crippen LogP contribution in [0.25, 0.3) is 55.6 Å². The predicted octanol–water partition coefficient (Wildman–Crippen LogP) is 13.4. The van der Waals surface area contributed by atoms with E-state index in [4.69, 9.17) is 0 Å². The van der Waals surface area contributed by atoms with E-state index in [1.807, 2.05) is 36.4 Å². The summed E-state index contributed by atoms with van der Waals surface area (Å²) in [7, 11) is 0. The molecule has 9 heteroatoms. The van der Waals surface area contributed by atoms with Crippen LogP contribution in [0, 0.1) is 0 Å². The Bertz CT molecular complexity index is 3330. The molecule has 0 aromatic heterocycles. The summed E-state index contributed by atoms with van der Waals surface area (Å²) < 4.78 is 47.7. The summed E-state index contributed by atoms with van der Waals surface area (Å²) in [6, 6.07) is 43.7. The molecule has 0 saturated heterocycles. The van der Waals surface area contributed by atoms with Crippen molar-refractivity contribution in [2.45, 2.75) is 109 Å². The number of phenols is 2. The van der Waals surface area contributed by atoms with Crippen LogP contribution >= 0.6 is 0 Å². The van der Waals surface area contributed by atoms with E-state index in [9.17, 15) is 30.6 Å². The highest BCUT2D eigenvalue weighted by atomic mass is 19.4. The van der Waals surface area contributed by atoms with Gasteiger partial charge in [-0.3, -0.25) is 0 Å². The van der Waals surface area contributed by atoms with Gasteiger partial charge in [0.25, 0.3) is 0 Å². The van der Waals surface area contributed by atoms with Gasteiger partial charge in [0.05, 0.1) is 26.4 Å². The van der Waals surface area contributed by atoms with Gasteiger partial charge in [-0.05, 0) is 192 Å². The van der Waals surface area contributed by atoms with Gasteiger partial charge >= 0.3 is 6.18 Å². The van der Waals surface area contributed by atoms with Crippen LogP contribution in [-0.2, 0) is 68.4 Å². The molecule has 0 fully saturated rings. The molecule has 0 radical (unpaired) electrons. The van der Waals surface area contributed by atoms with Gasteiger partial charge in [-0.15, -0.1) is 0 Å². The lowest BCUT2D eigenvalue weighted by atomic mass is 9.77. The van der Waals surface area contributed by atoms with Gasteiger partial charge in [-0.25, -0.2) is 0 Å². The van der Waals surface area contributed by atoms with Crippen molar-refractivity contribution in [2.75, 3.05) is 0 Å². The molecule has 74 heavy (non-hydrogen) atoms. The van der Waals surface area contributed by atoms with Crippen molar-refractivity contribution in [1.82, 2.24) is 0 Å². The van der Waals surface area contributed by atoms with Gasteiger partial charge < -0.3 is 30.6 Å². The molecule has 6 N–H and O–H groups in total. The zero-order valence-electron chi connectivity index (χ0n) is 42.2. The summed E-state index contributed by atoms with van der Waals surface area (Å²) >= 11 is 0. The Morgan fingerprint density at radius 1 is 0.338 bits per heavy atom. The molecule has 0 aliphatic heterocycles. The van der Waals surface area contributed by atoms with Crippen molar-refractivity contribution in [3.63, 3.8) is 0 Å². The van der Waals surface area contributed by atoms with Crippen molar-refractivity contribution in [2.24, 2.45) is 0 Å². The number of hydrogen-bond donors (Lipinski definition) is 6. The van der Waals surface area contributed by atoms with E-state index in [-0.39, 0.29) is 59.9 Å². The fourth-order valence-corrected chi connectivity index (χ4v) is 12.4. The van der Waals surface area contributed by atoms with E-state index in [1.54, 1.807) is 36.4 Å². The Kier molecular flexibility index (Phi) is 11.9. The molecule has 0 unspecified atom stereocenters. The van der Waals surface area contributed by atoms with Crippen LogP contribution in [0.15, 0.2) is 133 Å². The van der Waals surface area contributed by atoms with Crippen molar-refractivity contribution >= 4 is 0 Å². The van der Waals surface area contributed by atoms with E-state index in [0.29, 0.717) is 59.1 Å². The molecule has 0 bridgehead atoms. The summed E-state index contributed by atoms with van der Waals surface area (Å²) in [4.78, 5) is 0. The lowest BCUT2D eigenvalue weighted by Crippen LogP contribution is -2.38. The van der Waals surface area contributed by atoms with Gasteiger partial charge in [0.2, 0.25) is 0 Å². The van der Waals surface area contributed by atoms with Crippen molar-refractivity contribution in [1.29, 1.82) is 0 Å². The second-order valence-corrected chi connectivity index (χ2v) is 21.8. The molecular weight excluding hydrogens is 934 g/mol. The van der Waals surface area contributed by atoms with Crippen LogP contribution in [0.5, 0.6) is 11.5 Å². The zero-order chi connectivity index (χ0) is 52.2. The Labute approximate surface area is 429 Å². The first-order chi connectivity index (χ1) is 35.3. The summed E-state index contributed by atoms with van der Waals surface area (Å²) in [5.41, 5.74) is 16.4. The van der Waals surface area contributed by atoms with Crippen LogP contribution in [0.2, 0.25) is 0 Å². The van der Waals surface area contributed by atoms with Gasteiger partial charge in [0, 0.05) is 33.1 Å². The number of halogens is 3. The molecule has 0 amide bonds. The molecule has 0 atom stereocenters. The Morgan fingerprint density at radius 3 is 0.892 bits per heavy atom. The molecule has 3 aliphatic carbocycles. The normalized spacial score (nSPS) is 15.1. The summed E-state index contributed by atoms with van der Waals surface area (Å²) in [5.74, 6) is -0.159. The second-order valence-electron chi connectivity index (χ2n) is 21.8. The molecule has 11 rings (SSSR count). The topological polar surface area (TPSA) is 121 Å². The first kappa shape index (κ1) is 49.2. The van der Waals surface area contributed by atoms with Crippen molar-refractivity contribution in [3.8, 4) is 67.1 Å². The number of rotatable bonds is 12. The SMILES string of the molecule is CC1(C)c2cc(CCc3cc(CO)c(O)c(CO)c3)ccc2-c2ccc(-c3ccc4c(c3)C(C)(C(F)(F)F)c3cc(-c5ccc6c(c5)C(C)(C)c5cc(CCc7cc(CO)c(O)c(CO)c7)ccc5-6)ccc3-4)cc21. The highest BCUT2D eigenvalue weighted by Gasteiger charge is 2.58. The Balaban J connectivity index is 0.861. The lowest BCUT2D eigenvalue weighted by molar-refractivity contribution is -0.172. The highest BCUT2D eigenvalue weighted by Crippen LogP contribution is 2.59. The van der Waals surface area contributed by atoms with Gasteiger partial charge in [0.1, 0.15) is 16.9 Å². The number of aromatic hydroxyl groups is 2. The number of aliphatic hydroxyl groups is 4. The van der Waals surface area contributed by atoms with Gasteiger partial charge in [0.15, 0.2) is 0 Å². The minimum absolute atomic E-state index is 0.0794. The standard InChI is InChI=1S/C65H59F3O6/c1-62(2)54-26-36(6-8-38-22-44(32-69)60(73)45(23-38)33-70)10-16-48(54)50-18-12-40(28-56(50)62)42-14-20-52-53-21-15-43(31-59(53)64(5,58(52)30-42)65(66,67)68)41-13-19-51-49-17-11-37(27-55(49)63(3,4)57(51)29-41)7-9-39-24-46(34-71)61(74)47(25-39)35-72/h10-31,69-74H,6-9,32-35H2,1-5H3. The second kappa shape index (κ2) is 17.8. The number of benzene rings is 8. The lowest BCUT2D eigenvalue weighted by Gasteiger charge is -2.30. The predicted molar refractivity (Wildman–Crippen MR) is 285 cm³/mol. The molecule has 0 spiro atoms. The van der Waals surface area contributed by atoms with E-state index in [1.165, 1.54) is 18.1 Å². The van der Waals surface area contributed by atoms with E-state index >= 15 is 13.2 Å².